The van der Waals surface area contributed by atoms with Crippen molar-refractivity contribution in [2.24, 2.45) is 5.10 Å². The zero-order valence-corrected chi connectivity index (χ0v) is 20.3. The average molecular weight is 488 g/mol. The van der Waals surface area contributed by atoms with E-state index >= 15 is 0 Å². The number of nitrogens with one attached hydrogen (secondary N) is 1. The van der Waals surface area contributed by atoms with Gasteiger partial charge in [-0.1, -0.05) is 61.8 Å². The minimum atomic E-state index is -3.67. The Morgan fingerprint density at radius 1 is 1.15 bits per heavy atom. The minimum absolute atomic E-state index is 0.0592. The smallest absolute Gasteiger partial charge is 0.267 e. The van der Waals surface area contributed by atoms with Crippen LogP contribution in [0.2, 0.25) is 5.15 Å². The van der Waals surface area contributed by atoms with Crippen molar-refractivity contribution < 1.29 is 13.2 Å². The summed E-state index contributed by atoms with van der Waals surface area (Å²) in [7, 11) is -3.67. The van der Waals surface area contributed by atoms with Gasteiger partial charge < -0.3 is 0 Å². The van der Waals surface area contributed by atoms with Gasteiger partial charge in [-0.05, 0) is 30.7 Å². The summed E-state index contributed by atoms with van der Waals surface area (Å²) < 4.78 is 28.4. The molecule has 0 fully saturated rings. The Hall–Kier alpha value is -3.01. The first kappa shape index (κ1) is 24.6. The van der Waals surface area contributed by atoms with E-state index in [1.54, 1.807) is 25.5 Å². The standard InChI is InChI=1S/C23H26ClN5O3S/c1-4-28(5-2)33(31,32)20-13-9-12-19(14-20)23(30)26-25-15-21-17(3)27-29(22(21)24)16-18-10-7-6-8-11-18/h6-15H,4-5,16H2,1-3H3,(H,26,30)/b25-15+. The Labute approximate surface area is 198 Å². The molecule has 0 unspecified atom stereocenters. The number of aromatic nitrogens is 2. The van der Waals surface area contributed by atoms with Crippen LogP contribution in [0, 0.1) is 6.92 Å². The molecule has 0 spiro atoms. The van der Waals surface area contributed by atoms with Gasteiger partial charge in [-0.25, -0.2) is 18.5 Å². The maximum absolute atomic E-state index is 12.7. The summed E-state index contributed by atoms with van der Waals surface area (Å²) in [6.07, 6.45) is 1.43. The average Bonchev–Trinajstić information content (AvgIpc) is 3.07. The molecule has 1 N–H and O–H groups in total. The summed E-state index contributed by atoms with van der Waals surface area (Å²) in [5.41, 5.74) is 4.92. The van der Waals surface area contributed by atoms with E-state index in [9.17, 15) is 13.2 Å². The second kappa shape index (κ2) is 10.7. The summed E-state index contributed by atoms with van der Waals surface area (Å²) in [6.45, 7) is 6.53. The number of hydrazone groups is 1. The molecule has 1 amide bonds. The molecule has 3 rings (SSSR count). The maximum atomic E-state index is 12.7. The van der Waals surface area contributed by atoms with Crippen LogP contribution in [0.15, 0.2) is 64.6 Å². The van der Waals surface area contributed by atoms with Crippen LogP contribution in [0.25, 0.3) is 0 Å². The van der Waals surface area contributed by atoms with Gasteiger partial charge in [0.25, 0.3) is 5.91 Å². The number of aryl methyl sites for hydroxylation is 1. The predicted molar refractivity (Wildman–Crippen MR) is 129 cm³/mol. The summed E-state index contributed by atoms with van der Waals surface area (Å²) in [6, 6.07) is 15.7. The molecule has 0 bridgehead atoms. The normalized spacial score (nSPS) is 11.9. The van der Waals surface area contributed by atoms with E-state index in [-0.39, 0.29) is 10.5 Å². The van der Waals surface area contributed by atoms with E-state index in [4.69, 9.17) is 11.6 Å². The van der Waals surface area contributed by atoms with E-state index in [0.29, 0.717) is 36.0 Å². The highest BCUT2D eigenvalue weighted by molar-refractivity contribution is 7.89. The van der Waals surface area contributed by atoms with Crippen molar-refractivity contribution >= 4 is 33.7 Å². The van der Waals surface area contributed by atoms with Crippen molar-refractivity contribution in [1.82, 2.24) is 19.5 Å². The fourth-order valence-electron chi connectivity index (χ4n) is 3.31. The van der Waals surface area contributed by atoms with E-state index in [1.807, 2.05) is 30.3 Å². The maximum Gasteiger partial charge on any atom is 0.271 e. The van der Waals surface area contributed by atoms with Crippen LogP contribution in [0.3, 0.4) is 0 Å². The van der Waals surface area contributed by atoms with Crippen molar-refractivity contribution in [3.8, 4) is 0 Å². The molecule has 0 saturated heterocycles. The number of rotatable bonds is 9. The molecule has 0 aliphatic heterocycles. The highest BCUT2D eigenvalue weighted by Gasteiger charge is 2.22. The van der Waals surface area contributed by atoms with Crippen LogP contribution in [0.5, 0.6) is 0 Å². The SMILES string of the molecule is CCN(CC)S(=O)(=O)c1cccc(C(=O)N/N=C/c2c(C)nn(Cc3ccccc3)c2Cl)c1. The summed E-state index contributed by atoms with van der Waals surface area (Å²) in [5.74, 6) is -0.534. The first-order valence-corrected chi connectivity index (χ1v) is 12.3. The molecule has 1 aromatic heterocycles. The van der Waals surface area contributed by atoms with Gasteiger partial charge >= 0.3 is 0 Å². The number of benzene rings is 2. The highest BCUT2D eigenvalue weighted by atomic mass is 35.5. The van der Waals surface area contributed by atoms with Gasteiger partial charge in [-0.2, -0.15) is 14.5 Å². The third-order valence-corrected chi connectivity index (χ3v) is 7.53. The second-order valence-electron chi connectivity index (χ2n) is 7.25. The molecule has 2 aromatic carbocycles. The summed E-state index contributed by atoms with van der Waals surface area (Å²) in [5, 5.41) is 8.84. The molecule has 0 saturated carbocycles. The molecule has 8 nitrogen and oxygen atoms in total. The summed E-state index contributed by atoms with van der Waals surface area (Å²) >= 11 is 6.47. The molecule has 10 heteroatoms. The minimum Gasteiger partial charge on any atom is -0.267 e. The number of carbonyl (C=O) groups is 1. The zero-order chi connectivity index (χ0) is 24.0. The molecule has 0 radical (unpaired) electrons. The number of hydrogen-bond donors (Lipinski definition) is 1. The first-order chi connectivity index (χ1) is 15.8. The van der Waals surface area contributed by atoms with Crippen LogP contribution in [-0.4, -0.2) is 47.7 Å². The van der Waals surface area contributed by atoms with E-state index in [2.05, 4.69) is 15.6 Å². The molecule has 0 aliphatic rings. The van der Waals surface area contributed by atoms with E-state index in [1.165, 1.54) is 34.8 Å². The van der Waals surface area contributed by atoms with Gasteiger partial charge in [0.15, 0.2) is 0 Å². The number of sulfonamides is 1. The Kier molecular flexibility index (Phi) is 8.01. The highest BCUT2D eigenvalue weighted by Crippen LogP contribution is 2.20. The molecule has 3 aromatic rings. The van der Waals surface area contributed by atoms with Crippen LogP contribution in [0.4, 0.5) is 0 Å². The number of halogens is 1. The van der Waals surface area contributed by atoms with Gasteiger partial charge in [0.2, 0.25) is 10.0 Å². The lowest BCUT2D eigenvalue weighted by Gasteiger charge is -2.18. The van der Waals surface area contributed by atoms with Gasteiger partial charge in [0.1, 0.15) is 5.15 Å². The topological polar surface area (TPSA) is 96.7 Å². The Bertz CT molecular complexity index is 1250. The van der Waals surface area contributed by atoms with E-state index < -0.39 is 15.9 Å². The Morgan fingerprint density at radius 2 is 1.85 bits per heavy atom. The zero-order valence-electron chi connectivity index (χ0n) is 18.7. The fraction of sp³-hybridized carbons (Fsp3) is 0.261. The molecule has 0 aliphatic carbocycles. The van der Waals surface area contributed by atoms with Crippen molar-refractivity contribution in [3.05, 3.63) is 82.1 Å². The number of carbonyl (C=O) groups excluding carboxylic acids is 1. The van der Waals surface area contributed by atoms with Crippen molar-refractivity contribution in [1.29, 1.82) is 0 Å². The lowest BCUT2D eigenvalue weighted by atomic mass is 10.2. The molecular formula is C23H26ClN5O3S. The van der Waals surface area contributed by atoms with Gasteiger partial charge in [-0.3, -0.25) is 4.79 Å². The van der Waals surface area contributed by atoms with Crippen LogP contribution in [0.1, 0.15) is 41.0 Å². The predicted octanol–water partition coefficient (Wildman–Crippen LogP) is 3.69. The number of amides is 1. The van der Waals surface area contributed by atoms with Crippen molar-refractivity contribution in [2.45, 2.75) is 32.2 Å². The molecule has 174 valence electrons. The molecule has 1 heterocycles. The third kappa shape index (κ3) is 5.68. The van der Waals surface area contributed by atoms with Crippen molar-refractivity contribution in [3.63, 3.8) is 0 Å². The molecule has 0 atom stereocenters. The van der Waals surface area contributed by atoms with Crippen LogP contribution >= 0.6 is 11.6 Å². The first-order valence-electron chi connectivity index (χ1n) is 10.5. The lowest BCUT2D eigenvalue weighted by Crippen LogP contribution is -2.30. The van der Waals surface area contributed by atoms with Crippen LogP contribution in [-0.2, 0) is 16.6 Å². The van der Waals surface area contributed by atoms with Gasteiger partial charge in [0, 0.05) is 18.7 Å². The fourth-order valence-corrected chi connectivity index (χ4v) is 5.09. The Balaban J connectivity index is 1.73. The molecular weight excluding hydrogens is 462 g/mol. The number of hydrogen-bond acceptors (Lipinski definition) is 5. The van der Waals surface area contributed by atoms with Crippen LogP contribution < -0.4 is 5.43 Å². The van der Waals surface area contributed by atoms with Gasteiger partial charge in [0.05, 0.1) is 28.9 Å². The molecule has 33 heavy (non-hydrogen) atoms. The largest absolute Gasteiger partial charge is 0.271 e. The Morgan fingerprint density at radius 3 is 2.52 bits per heavy atom. The second-order valence-corrected chi connectivity index (χ2v) is 9.55. The lowest BCUT2D eigenvalue weighted by molar-refractivity contribution is 0.0955. The third-order valence-electron chi connectivity index (χ3n) is 5.08. The van der Waals surface area contributed by atoms with E-state index in [0.717, 1.165) is 5.56 Å². The van der Waals surface area contributed by atoms with Crippen molar-refractivity contribution in [2.75, 3.05) is 13.1 Å². The monoisotopic (exact) mass is 487 g/mol. The van der Waals surface area contributed by atoms with Gasteiger partial charge in [-0.15, -0.1) is 0 Å². The quantitative estimate of drug-likeness (QED) is 0.367. The summed E-state index contributed by atoms with van der Waals surface area (Å²) in [4.78, 5) is 12.6. The number of nitrogens with zero attached hydrogens (tertiary/aromatic N) is 4.